The summed E-state index contributed by atoms with van der Waals surface area (Å²) < 4.78 is 10.3. The molecule has 0 fully saturated rings. The molecule has 1 atom stereocenters. The first-order chi connectivity index (χ1) is 9.95. The van der Waals surface area contributed by atoms with Gasteiger partial charge in [-0.05, 0) is 26.0 Å². The summed E-state index contributed by atoms with van der Waals surface area (Å²) in [5.41, 5.74) is 0. The lowest BCUT2D eigenvalue weighted by Crippen LogP contribution is -2.31. The van der Waals surface area contributed by atoms with Gasteiger partial charge in [0.15, 0.2) is 12.4 Å². The Kier molecular flexibility index (Phi) is 5.03. The van der Waals surface area contributed by atoms with Crippen LogP contribution in [0.5, 0.6) is 5.75 Å². The van der Waals surface area contributed by atoms with E-state index in [0.29, 0.717) is 27.5 Å². The second-order valence-corrected chi connectivity index (χ2v) is 5.18. The second kappa shape index (κ2) is 6.78. The third-order valence-corrected chi connectivity index (χ3v) is 3.09. The van der Waals surface area contributed by atoms with E-state index in [1.165, 1.54) is 0 Å². The first-order valence-electron chi connectivity index (χ1n) is 6.13. The second-order valence-electron chi connectivity index (χ2n) is 4.33. The number of rotatable bonds is 5. The van der Waals surface area contributed by atoms with E-state index in [0.717, 1.165) is 0 Å². The van der Waals surface area contributed by atoms with Gasteiger partial charge in [0.05, 0.1) is 5.02 Å². The molecule has 2 aromatic rings. The lowest BCUT2D eigenvalue weighted by Gasteiger charge is -2.11. The Morgan fingerprint density at radius 3 is 2.90 bits per heavy atom. The molecule has 1 aromatic heterocycles. The van der Waals surface area contributed by atoms with Gasteiger partial charge in [0.25, 0.3) is 5.91 Å². The number of ether oxygens (including phenoxy) is 1. The number of halogens is 2. The summed E-state index contributed by atoms with van der Waals surface area (Å²) in [7, 11) is 0. The number of hydrogen-bond donors (Lipinski definition) is 1. The van der Waals surface area contributed by atoms with Crippen molar-refractivity contribution in [3.63, 3.8) is 0 Å². The van der Waals surface area contributed by atoms with Gasteiger partial charge in [-0.3, -0.25) is 4.79 Å². The van der Waals surface area contributed by atoms with Gasteiger partial charge in [0.1, 0.15) is 11.8 Å². The lowest BCUT2D eigenvalue weighted by atomic mass is 10.3. The van der Waals surface area contributed by atoms with Crippen molar-refractivity contribution in [3.05, 3.63) is 40.0 Å². The van der Waals surface area contributed by atoms with Gasteiger partial charge >= 0.3 is 0 Å². The summed E-state index contributed by atoms with van der Waals surface area (Å²) in [6, 6.07) is 4.37. The van der Waals surface area contributed by atoms with Gasteiger partial charge in [-0.25, -0.2) is 0 Å². The summed E-state index contributed by atoms with van der Waals surface area (Å²) in [6.45, 7) is 3.24. The zero-order valence-electron chi connectivity index (χ0n) is 11.4. The molecule has 0 radical (unpaired) electrons. The van der Waals surface area contributed by atoms with Crippen LogP contribution in [-0.2, 0) is 4.79 Å². The molecule has 0 aliphatic heterocycles. The minimum atomic E-state index is -0.405. The average Bonchev–Trinajstić information content (AvgIpc) is 2.86. The van der Waals surface area contributed by atoms with Crippen LogP contribution < -0.4 is 10.1 Å². The lowest BCUT2D eigenvalue weighted by molar-refractivity contribution is -0.123. The molecule has 112 valence electrons. The highest BCUT2D eigenvalue weighted by Gasteiger charge is 2.16. The van der Waals surface area contributed by atoms with E-state index in [1.807, 2.05) is 0 Å². The van der Waals surface area contributed by atoms with Crippen LogP contribution in [0.2, 0.25) is 10.0 Å². The normalized spacial score (nSPS) is 12.0. The van der Waals surface area contributed by atoms with Crippen molar-refractivity contribution < 1.29 is 14.1 Å². The van der Waals surface area contributed by atoms with Crippen LogP contribution in [0.25, 0.3) is 0 Å². The van der Waals surface area contributed by atoms with E-state index >= 15 is 0 Å². The Hall–Kier alpha value is -1.79. The van der Waals surface area contributed by atoms with E-state index in [4.69, 9.17) is 32.5 Å². The third kappa shape index (κ3) is 4.34. The smallest absolute Gasteiger partial charge is 0.258 e. The molecular formula is C13H13Cl2N3O3. The molecule has 0 aliphatic carbocycles. The number of benzene rings is 1. The maximum Gasteiger partial charge on any atom is 0.258 e. The van der Waals surface area contributed by atoms with Crippen molar-refractivity contribution in [1.82, 2.24) is 15.5 Å². The van der Waals surface area contributed by atoms with Crippen molar-refractivity contribution in [3.8, 4) is 5.75 Å². The number of nitrogens with one attached hydrogen (secondary N) is 1. The predicted molar refractivity (Wildman–Crippen MR) is 77.5 cm³/mol. The topological polar surface area (TPSA) is 77.2 Å². The number of aryl methyl sites for hydroxylation is 1. The summed E-state index contributed by atoms with van der Waals surface area (Å²) in [5.74, 6) is 0.852. The highest BCUT2D eigenvalue weighted by Crippen LogP contribution is 2.27. The van der Waals surface area contributed by atoms with Gasteiger partial charge in [0, 0.05) is 11.1 Å². The van der Waals surface area contributed by atoms with Crippen LogP contribution in [0.4, 0.5) is 0 Å². The molecule has 6 nitrogen and oxygen atoms in total. The molecule has 21 heavy (non-hydrogen) atoms. The molecule has 0 saturated heterocycles. The molecule has 0 spiro atoms. The van der Waals surface area contributed by atoms with E-state index in [-0.39, 0.29) is 12.5 Å². The minimum absolute atomic E-state index is 0.197. The zero-order chi connectivity index (χ0) is 15.4. The standard InChI is InChI=1S/C13H13Cl2N3O3/c1-7(13-17-8(2)18-21-13)16-12(19)6-20-11-5-9(14)3-4-10(11)15/h3-5,7H,6H2,1-2H3,(H,16,19)/t7-/m1/s1. The maximum atomic E-state index is 11.8. The molecule has 0 aliphatic rings. The number of amides is 1. The van der Waals surface area contributed by atoms with Crippen LogP contribution in [0.3, 0.4) is 0 Å². The average molecular weight is 330 g/mol. The fourth-order valence-electron chi connectivity index (χ4n) is 1.56. The van der Waals surface area contributed by atoms with E-state index < -0.39 is 6.04 Å². The molecule has 1 heterocycles. The quantitative estimate of drug-likeness (QED) is 0.912. The fourth-order valence-corrected chi connectivity index (χ4v) is 1.90. The number of carbonyl (C=O) groups is 1. The zero-order valence-corrected chi connectivity index (χ0v) is 12.9. The molecule has 0 unspecified atom stereocenters. The highest BCUT2D eigenvalue weighted by atomic mass is 35.5. The molecule has 2 rings (SSSR count). The number of aromatic nitrogens is 2. The van der Waals surface area contributed by atoms with Crippen LogP contribution in [0.15, 0.2) is 22.7 Å². The number of carbonyl (C=O) groups excluding carboxylic acids is 1. The molecule has 1 N–H and O–H groups in total. The largest absolute Gasteiger partial charge is 0.482 e. The Labute approximate surface area is 131 Å². The summed E-state index contributed by atoms with van der Waals surface area (Å²) in [4.78, 5) is 15.8. The van der Waals surface area contributed by atoms with E-state index in [9.17, 15) is 4.79 Å². The van der Waals surface area contributed by atoms with Crippen LogP contribution in [0.1, 0.15) is 24.7 Å². The van der Waals surface area contributed by atoms with Crippen molar-refractivity contribution in [2.24, 2.45) is 0 Å². The molecule has 0 saturated carbocycles. The van der Waals surface area contributed by atoms with E-state index in [2.05, 4.69) is 15.5 Å². The van der Waals surface area contributed by atoms with Gasteiger partial charge in [-0.2, -0.15) is 4.98 Å². The van der Waals surface area contributed by atoms with Crippen molar-refractivity contribution in [1.29, 1.82) is 0 Å². The first kappa shape index (κ1) is 15.6. The summed E-state index contributed by atoms with van der Waals surface area (Å²) >= 11 is 11.8. The van der Waals surface area contributed by atoms with Gasteiger partial charge in [0.2, 0.25) is 5.89 Å². The van der Waals surface area contributed by atoms with Crippen molar-refractivity contribution in [2.45, 2.75) is 19.9 Å². The molecular weight excluding hydrogens is 317 g/mol. The van der Waals surface area contributed by atoms with Gasteiger partial charge in [-0.1, -0.05) is 28.4 Å². The minimum Gasteiger partial charge on any atom is -0.482 e. The van der Waals surface area contributed by atoms with Gasteiger partial charge < -0.3 is 14.6 Å². The van der Waals surface area contributed by atoms with Crippen molar-refractivity contribution in [2.75, 3.05) is 6.61 Å². The molecule has 1 aromatic carbocycles. The maximum absolute atomic E-state index is 11.8. The molecule has 0 bridgehead atoms. The number of nitrogens with zero attached hydrogens (tertiary/aromatic N) is 2. The summed E-state index contributed by atoms with van der Waals surface area (Å²) in [6.07, 6.45) is 0. The van der Waals surface area contributed by atoms with Gasteiger partial charge in [-0.15, -0.1) is 0 Å². The Morgan fingerprint density at radius 1 is 1.48 bits per heavy atom. The predicted octanol–water partition coefficient (Wildman–Crippen LogP) is 2.94. The van der Waals surface area contributed by atoms with Crippen LogP contribution in [-0.4, -0.2) is 22.7 Å². The highest BCUT2D eigenvalue weighted by molar-refractivity contribution is 6.34. The Balaban J connectivity index is 1.89. The SMILES string of the molecule is Cc1noc([C@@H](C)NC(=O)COc2cc(Cl)ccc2Cl)n1. The van der Waals surface area contributed by atoms with Crippen LogP contribution >= 0.6 is 23.2 Å². The monoisotopic (exact) mass is 329 g/mol. The number of hydrogen-bond acceptors (Lipinski definition) is 5. The summed E-state index contributed by atoms with van der Waals surface area (Å²) in [5, 5.41) is 7.20. The van der Waals surface area contributed by atoms with Crippen LogP contribution in [0, 0.1) is 6.92 Å². The third-order valence-electron chi connectivity index (χ3n) is 2.54. The Bertz CT molecular complexity index is 645. The van der Waals surface area contributed by atoms with E-state index in [1.54, 1.807) is 32.0 Å². The Morgan fingerprint density at radius 2 is 2.24 bits per heavy atom. The fraction of sp³-hybridized carbons (Fsp3) is 0.308. The van der Waals surface area contributed by atoms with Crippen molar-refractivity contribution >= 4 is 29.1 Å². The first-order valence-corrected chi connectivity index (χ1v) is 6.88. The molecule has 8 heteroatoms. The molecule has 1 amide bonds.